The van der Waals surface area contributed by atoms with E-state index in [1.165, 1.54) is 20.9 Å². The number of carboxylic acids is 2. The molecule has 2 saturated heterocycles. The van der Waals surface area contributed by atoms with Gasteiger partial charge in [0.2, 0.25) is 0 Å². The summed E-state index contributed by atoms with van der Waals surface area (Å²) >= 11 is 15.1. The summed E-state index contributed by atoms with van der Waals surface area (Å²) in [5.74, 6) is -3.02. The Hall–Kier alpha value is -8.82. The van der Waals surface area contributed by atoms with Crippen LogP contribution in [0, 0.1) is 0 Å². The van der Waals surface area contributed by atoms with Crippen molar-refractivity contribution in [2.24, 2.45) is 0 Å². The number of benzene rings is 6. The molecule has 19 heteroatoms. The van der Waals surface area contributed by atoms with Gasteiger partial charge in [0.25, 0.3) is 22.9 Å². The molecule has 2 aliphatic heterocycles. The van der Waals surface area contributed by atoms with Gasteiger partial charge in [0, 0.05) is 30.2 Å². The average Bonchev–Trinajstić information content (AvgIpc) is 1.89. The van der Waals surface area contributed by atoms with Crippen molar-refractivity contribution in [3.05, 3.63) is 248 Å². The van der Waals surface area contributed by atoms with E-state index in [0.717, 1.165) is 130 Å². The summed E-state index contributed by atoms with van der Waals surface area (Å²) in [5, 5.41) is 19.2. The number of allylic oxidation sites excluding steroid dienone is 5. The van der Waals surface area contributed by atoms with E-state index in [4.69, 9.17) is 24.4 Å². The zero-order valence-corrected chi connectivity index (χ0v) is 51.7. The molecular weight excluding hydrogens is 1210 g/mol. The SMILES string of the molecule is CCN1C(=O)/C(=c2/s/c(=C/c3ccc(C4=CC=C(/C=C/c5ccc(N(c6ccccc6)c6ccc(/C=C/c7ccc(-c8ccc(/C=c9/s/c(=C%10\SC(=S)N(CC)C%10=O)n(CC(=O)O)c9=O)cc8)cc7)cc6)cc5)CC4)cc3)c(=O)n2CC(=O)O)SC1=S. The minimum absolute atomic E-state index is 0.261. The van der Waals surface area contributed by atoms with Crippen molar-refractivity contribution in [2.45, 2.75) is 39.8 Å². The van der Waals surface area contributed by atoms with Crippen LogP contribution in [0.2, 0.25) is 0 Å². The van der Waals surface area contributed by atoms with E-state index in [9.17, 15) is 39.0 Å². The summed E-state index contributed by atoms with van der Waals surface area (Å²) < 4.78 is 4.27. The van der Waals surface area contributed by atoms with Gasteiger partial charge in [-0.15, -0.1) is 22.7 Å². The normalized spacial score (nSPS) is 16.3. The first-order chi connectivity index (χ1) is 42.1. The monoisotopic (exact) mass is 1260 g/mol. The lowest BCUT2D eigenvalue weighted by atomic mass is 9.92. The number of carboxylic acid groups (broad SMARTS) is 2. The number of aromatic nitrogens is 2. The number of amides is 2. The number of thiazole rings is 2. The van der Waals surface area contributed by atoms with Crippen LogP contribution >= 0.6 is 70.6 Å². The van der Waals surface area contributed by atoms with Crippen molar-refractivity contribution in [3.8, 4) is 11.1 Å². The summed E-state index contributed by atoms with van der Waals surface area (Å²) in [6.07, 6.45) is 18.0. The molecule has 0 atom stereocenters. The van der Waals surface area contributed by atoms with Crippen LogP contribution in [-0.2, 0) is 32.3 Å². The molecule has 1 aliphatic carbocycles. The first-order valence-corrected chi connectivity index (χ1v) is 31.8. The molecule has 2 aromatic heterocycles. The molecule has 434 valence electrons. The highest BCUT2D eigenvalue weighted by molar-refractivity contribution is 8.30. The quantitative estimate of drug-likeness (QED) is 0.0655. The number of hydrogen-bond acceptors (Lipinski definition) is 13. The number of thioether (sulfide) groups is 2. The molecular formula is C68H53N5O8S6. The molecule has 3 aliphatic rings. The van der Waals surface area contributed by atoms with Crippen LogP contribution in [0.3, 0.4) is 0 Å². The van der Waals surface area contributed by atoms with Crippen molar-refractivity contribution >= 4 is 166 Å². The third-order valence-electron chi connectivity index (χ3n) is 14.6. The minimum atomic E-state index is -1.18. The summed E-state index contributed by atoms with van der Waals surface area (Å²) in [5.41, 5.74) is 12.3. The molecule has 6 aromatic carbocycles. The summed E-state index contributed by atoms with van der Waals surface area (Å²) in [6, 6.07) is 51.3. The summed E-state index contributed by atoms with van der Waals surface area (Å²) in [7, 11) is 0. The summed E-state index contributed by atoms with van der Waals surface area (Å²) in [6.45, 7) is 3.24. The van der Waals surface area contributed by atoms with Crippen molar-refractivity contribution in [3.63, 3.8) is 0 Å². The van der Waals surface area contributed by atoms with Gasteiger partial charge >= 0.3 is 11.9 Å². The molecule has 0 unspecified atom stereocenters. The Morgan fingerprint density at radius 3 is 1.28 bits per heavy atom. The maximum atomic E-state index is 13.5. The van der Waals surface area contributed by atoms with Crippen LogP contribution in [0.25, 0.3) is 56.9 Å². The zero-order valence-electron chi connectivity index (χ0n) is 46.8. The van der Waals surface area contributed by atoms with Gasteiger partial charge < -0.3 is 15.1 Å². The lowest BCUT2D eigenvalue weighted by Gasteiger charge is -2.25. The van der Waals surface area contributed by atoms with Crippen LogP contribution < -0.4 is 34.4 Å². The van der Waals surface area contributed by atoms with E-state index in [0.29, 0.717) is 35.5 Å². The van der Waals surface area contributed by atoms with Crippen LogP contribution in [0.5, 0.6) is 0 Å². The highest BCUT2D eigenvalue weighted by atomic mass is 32.2. The number of carbonyl (C=O) groups is 4. The number of carbonyl (C=O) groups excluding carboxylic acids is 2. The number of nitrogens with zero attached hydrogens (tertiary/aromatic N) is 5. The highest BCUT2D eigenvalue weighted by Crippen LogP contribution is 2.36. The lowest BCUT2D eigenvalue weighted by molar-refractivity contribution is -0.138. The maximum absolute atomic E-state index is 13.5. The van der Waals surface area contributed by atoms with Gasteiger partial charge in [-0.25, -0.2) is 0 Å². The van der Waals surface area contributed by atoms with E-state index in [-0.39, 0.29) is 26.3 Å². The van der Waals surface area contributed by atoms with Crippen LogP contribution in [0.4, 0.5) is 17.1 Å². The Balaban J connectivity index is 0.730. The topological polar surface area (TPSA) is 162 Å². The van der Waals surface area contributed by atoms with Crippen LogP contribution in [0.15, 0.2) is 185 Å². The van der Waals surface area contributed by atoms with Gasteiger partial charge in [0.15, 0.2) is 0 Å². The number of hydrogen-bond donors (Lipinski definition) is 2. The van der Waals surface area contributed by atoms with Gasteiger partial charge in [0.05, 0.1) is 9.06 Å². The maximum Gasteiger partial charge on any atom is 0.323 e. The van der Waals surface area contributed by atoms with E-state index >= 15 is 0 Å². The number of para-hydroxylation sites is 1. The molecule has 8 aromatic rings. The first-order valence-electron chi connectivity index (χ1n) is 27.7. The van der Waals surface area contributed by atoms with Crippen molar-refractivity contribution < 1.29 is 29.4 Å². The minimum Gasteiger partial charge on any atom is -0.480 e. The highest BCUT2D eigenvalue weighted by Gasteiger charge is 2.34. The van der Waals surface area contributed by atoms with Gasteiger partial charge in [-0.05, 0) is 131 Å². The Bertz CT molecular complexity index is 4600. The van der Waals surface area contributed by atoms with E-state index in [1.54, 1.807) is 12.2 Å². The number of aliphatic carboxylic acids is 2. The third kappa shape index (κ3) is 13.3. The molecule has 13 nitrogen and oxygen atoms in total. The predicted octanol–water partition coefficient (Wildman–Crippen LogP) is 11.1. The third-order valence-corrected chi connectivity index (χ3v) is 20.0. The van der Waals surface area contributed by atoms with Crippen molar-refractivity contribution in [2.75, 3.05) is 18.0 Å². The molecule has 2 amide bonds. The van der Waals surface area contributed by atoms with Crippen LogP contribution in [0.1, 0.15) is 60.1 Å². The molecule has 4 heterocycles. The Kier molecular flexibility index (Phi) is 18.2. The van der Waals surface area contributed by atoms with Gasteiger partial charge in [-0.1, -0.05) is 200 Å². The van der Waals surface area contributed by atoms with E-state index in [1.807, 2.05) is 80.6 Å². The molecule has 0 bridgehead atoms. The Morgan fingerprint density at radius 2 is 0.885 bits per heavy atom. The van der Waals surface area contributed by atoms with Crippen molar-refractivity contribution in [1.82, 2.24) is 18.9 Å². The molecule has 87 heavy (non-hydrogen) atoms. The molecule has 11 rings (SSSR count). The predicted molar refractivity (Wildman–Crippen MR) is 363 cm³/mol. The lowest BCUT2D eigenvalue weighted by Crippen LogP contribution is -2.35. The fourth-order valence-corrected chi connectivity index (χ4v) is 15.4. The first kappa shape index (κ1) is 59.9. The number of rotatable bonds is 17. The smallest absolute Gasteiger partial charge is 0.323 e. The number of anilines is 3. The molecule has 0 saturated carbocycles. The van der Waals surface area contributed by atoms with Gasteiger partial charge in [-0.3, -0.25) is 47.7 Å². The van der Waals surface area contributed by atoms with Crippen LogP contribution in [-0.4, -0.2) is 74.6 Å². The molecule has 0 spiro atoms. The van der Waals surface area contributed by atoms with Crippen molar-refractivity contribution in [1.29, 1.82) is 0 Å². The van der Waals surface area contributed by atoms with E-state index < -0.39 is 36.1 Å². The second kappa shape index (κ2) is 26.4. The number of thiocarbonyl (C=S) groups is 2. The van der Waals surface area contributed by atoms with Gasteiger partial charge in [0.1, 0.15) is 40.9 Å². The molecule has 0 radical (unpaired) electrons. The second-order valence-electron chi connectivity index (χ2n) is 20.2. The average molecular weight is 1260 g/mol. The Labute approximate surface area is 527 Å². The summed E-state index contributed by atoms with van der Waals surface area (Å²) in [4.78, 5) is 82.3. The fourth-order valence-electron chi connectivity index (χ4n) is 10.1. The zero-order chi connectivity index (χ0) is 60.9. The fraction of sp³-hybridized carbons (Fsp3) is 0.118. The van der Waals surface area contributed by atoms with E-state index in [2.05, 4.69) is 126 Å². The van der Waals surface area contributed by atoms with Gasteiger partial charge in [-0.2, -0.15) is 0 Å². The largest absolute Gasteiger partial charge is 0.480 e. The molecule has 2 N–H and O–H groups in total. The molecule has 2 fully saturated rings. The second-order valence-corrected chi connectivity index (χ2v) is 25.6. The standard InChI is InChI=1S/C68H53N5O8S6/c1-3-69-63(80)59(86-67(69)82)65-71(40-57(74)75)61(78)55(84-65)38-46-18-30-50(31-19-46)48-26-14-42(15-27-48)10-12-44-22-34-53(35-23-44)73(52-8-6-5-7-9-52)54-36-24-45(25-37-54)13-11-43-16-28-49(29-17-43)51-32-20-47(21-33-51)39-56-62(79)72(41-58(76)77)66(85-56)60-64(81)70(4-2)68(83)87-60/h5-16,18-28,30-39H,3-4,17,29,40-41H2,1-2H3,(H,74,75)(H,76,77)/b12-10+,13-11+,55-38+,56-39+,65-59-,66-60-. The Morgan fingerprint density at radius 1 is 0.494 bits per heavy atom.